The highest BCUT2D eigenvalue weighted by Gasteiger charge is 2.13. The molecule has 128 valence electrons. The first kappa shape index (κ1) is 19.6. The van der Waals surface area contributed by atoms with E-state index in [1.54, 1.807) is 12.4 Å². The minimum Gasteiger partial charge on any atom is -0.394 e. The highest BCUT2D eigenvalue weighted by molar-refractivity contribution is 5.80. The van der Waals surface area contributed by atoms with Crippen molar-refractivity contribution >= 4 is 0 Å². The highest BCUT2D eigenvalue weighted by Crippen LogP contribution is 2.31. The lowest BCUT2D eigenvalue weighted by atomic mass is 10.0. The van der Waals surface area contributed by atoms with Crippen LogP contribution in [-0.2, 0) is 6.54 Å². The van der Waals surface area contributed by atoms with Gasteiger partial charge in [0.15, 0.2) is 0 Å². The number of aliphatic hydroxyl groups excluding tert-OH is 1. The molecule has 2 heterocycles. The Kier molecular flexibility index (Phi) is 9.09. The van der Waals surface area contributed by atoms with Gasteiger partial charge >= 0.3 is 0 Å². The molecule has 0 aliphatic carbocycles. The maximum absolute atomic E-state index is 9.20. The van der Waals surface area contributed by atoms with Crippen LogP contribution >= 0.6 is 0 Å². The Morgan fingerprint density at radius 1 is 0.875 bits per heavy atom. The van der Waals surface area contributed by atoms with Crippen LogP contribution in [0.15, 0.2) is 61.1 Å². The summed E-state index contributed by atoms with van der Waals surface area (Å²) in [6.07, 6.45) is 5.38. The van der Waals surface area contributed by atoms with Gasteiger partial charge in [-0.15, -0.1) is 0 Å². The molecule has 1 N–H and O–H groups in total. The molecule has 0 atom stereocenters. The van der Waals surface area contributed by atoms with Crippen LogP contribution in [0.3, 0.4) is 0 Å². The third-order valence-corrected chi connectivity index (χ3v) is 3.19. The summed E-state index contributed by atoms with van der Waals surface area (Å²) >= 11 is 0. The second-order valence-electron chi connectivity index (χ2n) is 4.46. The van der Waals surface area contributed by atoms with Gasteiger partial charge in [-0.2, -0.15) is 5.10 Å². The lowest BCUT2D eigenvalue weighted by molar-refractivity contribution is 0.270. The van der Waals surface area contributed by atoms with E-state index in [0.717, 1.165) is 22.4 Å². The number of aromatic nitrogens is 3. The van der Waals surface area contributed by atoms with Gasteiger partial charge in [0.05, 0.1) is 25.0 Å². The molecule has 3 aromatic rings. The molecule has 0 bridgehead atoms. The molecule has 4 nitrogen and oxygen atoms in total. The van der Waals surface area contributed by atoms with E-state index in [1.165, 1.54) is 0 Å². The summed E-state index contributed by atoms with van der Waals surface area (Å²) in [7, 11) is 0. The van der Waals surface area contributed by atoms with Gasteiger partial charge in [-0.3, -0.25) is 9.67 Å². The molecule has 0 spiro atoms. The number of nitrogens with zero attached hydrogens (tertiary/aromatic N) is 3. The van der Waals surface area contributed by atoms with Gasteiger partial charge in [0.25, 0.3) is 0 Å². The van der Waals surface area contributed by atoms with E-state index in [1.807, 2.05) is 68.9 Å². The number of hydrogen-bond donors (Lipinski definition) is 1. The Balaban J connectivity index is 0.000000671. The topological polar surface area (TPSA) is 50.9 Å². The Bertz CT molecular complexity index is 679. The number of rotatable bonds is 4. The average molecular weight is 325 g/mol. The van der Waals surface area contributed by atoms with E-state index in [9.17, 15) is 5.11 Å². The zero-order valence-electron chi connectivity index (χ0n) is 15.0. The predicted molar refractivity (Wildman–Crippen MR) is 101 cm³/mol. The summed E-state index contributed by atoms with van der Waals surface area (Å²) in [6, 6.07) is 14.0. The normalized spacial score (nSPS) is 9.38. The fourth-order valence-electron chi connectivity index (χ4n) is 2.29. The first-order chi connectivity index (χ1) is 11.9. The lowest BCUT2D eigenvalue weighted by Gasteiger charge is -2.09. The fraction of sp³-hybridized carbons (Fsp3) is 0.300. The maximum Gasteiger partial charge on any atom is 0.0762 e. The van der Waals surface area contributed by atoms with Crippen molar-refractivity contribution in [3.63, 3.8) is 0 Å². The summed E-state index contributed by atoms with van der Waals surface area (Å²) in [4.78, 5) is 4.05. The molecule has 2 aromatic heterocycles. The number of pyridine rings is 1. The van der Waals surface area contributed by atoms with E-state index in [4.69, 9.17) is 0 Å². The van der Waals surface area contributed by atoms with Gasteiger partial charge in [-0.25, -0.2) is 0 Å². The zero-order chi connectivity index (χ0) is 17.8. The van der Waals surface area contributed by atoms with Crippen LogP contribution in [0.1, 0.15) is 27.7 Å². The van der Waals surface area contributed by atoms with Gasteiger partial charge in [-0.05, 0) is 17.7 Å². The molecular weight excluding hydrogens is 298 g/mol. The summed E-state index contributed by atoms with van der Waals surface area (Å²) in [6.45, 7) is 8.54. The number of benzene rings is 1. The van der Waals surface area contributed by atoms with Crippen LogP contribution in [0.4, 0.5) is 0 Å². The first-order valence-electron chi connectivity index (χ1n) is 8.52. The minimum absolute atomic E-state index is 0.0635. The Morgan fingerprint density at radius 3 is 2.08 bits per heavy atom. The standard InChI is InChI=1S/C16H15N3O.2C2H6/c20-11-10-19-16(14-6-8-17-9-7-14)15(12-18-19)13-4-2-1-3-5-13;2*1-2/h1-9,12,20H,10-11H2;2*1-2H3. The molecule has 0 aliphatic rings. The summed E-state index contributed by atoms with van der Waals surface area (Å²) in [5, 5.41) is 13.6. The smallest absolute Gasteiger partial charge is 0.0762 e. The van der Waals surface area contributed by atoms with Crippen LogP contribution in [0.2, 0.25) is 0 Å². The molecule has 0 saturated carbocycles. The average Bonchev–Trinajstić information content (AvgIpc) is 3.10. The zero-order valence-corrected chi connectivity index (χ0v) is 15.0. The summed E-state index contributed by atoms with van der Waals surface area (Å²) in [5.74, 6) is 0. The second-order valence-corrected chi connectivity index (χ2v) is 4.46. The third kappa shape index (κ3) is 4.77. The molecule has 4 heteroatoms. The van der Waals surface area contributed by atoms with E-state index in [2.05, 4.69) is 22.2 Å². The van der Waals surface area contributed by atoms with E-state index >= 15 is 0 Å². The quantitative estimate of drug-likeness (QED) is 0.759. The van der Waals surface area contributed by atoms with Gasteiger partial charge in [0.1, 0.15) is 0 Å². The van der Waals surface area contributed by atoms with Crippen molar-refractivity contribution in [2.24, 2.45) is 0 Å². The van der Waals surface area contributed by atoms with Crippen LogP contribution in [-0.4, -0.2) is 26.5 Å². The van der Waals surface area contributed by atoms with Crippen molar-refractivity contribution in [3.05, 3.63) is 61.1 Å². The SMILES string of the molecule is CC.CC.OCCn1ncc(-c2ccccc2)c1-c1ccncc1. The third-order valence-electron chi connectivity index (χ3n) is 3.19. The lowest BCUT2D eigenvalue weighted by Crippen LogP contribution is -2.05. The van der Waals surface area contributed by atoms with Crippen molar-refractivity contribution in [3.8, 4) is 22.4 Å². The molecule has 24 heavy (non-hydrogen) atoms. The summed E-state index contributed by atoms with van der Waals surface area (Å²) < 4.78 is 1.83. The number of hydrogen-bond acceptors (Lipinski definition) is 3. The van der Waals surface area contributed by atoms with Gasteiger partial charge in [-0.1, -0.05) is 58.0 Å². The highest BCUT2D eigenvalue weighted by atomic mass is 16.3. The molecule has 0 radical (unpaired) electrons. The van der Waals surface area contributed by atoms with Gasteiger partial charge in [0, 0.05) is 23.5 Å². The van der Waals surface area contributed by atoms with Crippen molar-refractivity contribution in [1.82, 2.24) is 14.8 Å². The monoisotopic (exact) mass is 325 g/mol. The predicted octanol–water partition coefficient (Wildman–Crippen LogP) is 4.66. The Labute approximate surface area is 144 Å². The minimum atomic E-state index is 0.0635. The molecule has 1 aromatic carbocycles. The number of aliphatic hydroxyl groups is 1. The van der Waals surface area contributed by atoms with Crippen molar-refractivity contribution in [1.29, 1.82) is 0 Å². The molecule has 0 fully saturated rings. The van der Waals surface area contributed by atoms with Crippen LogP contribution in [0.5, 0.6) is 0 Å². The maximum atomic E-state index is 9.20. The summed E-state index contributed by atoms with van der Waals surface area (Å²) in [5.41, 5.74) is 4.23. The van der Waals surface area contributed by atoms with Crippen molar-refractivity contribution in [2.75, 3.05) is 6.61 Å². The van der Waals surface area contributed by atoms with Crippen LogP contribution < -0.4 is 0 Å². The van der Waals surface area contributed by atoms with Crippen molar-refractivity contribution in [2.45, 2.75) is 34.2 Å². The fourth-order valence-corrected chi connectivity index (χ4v) is 2.29. The molecule has 0 unspecified atom stereocenters. The van der Waals surface area contributed by atoms with Crippen LogP contribution in [0.25, 0.3) is 22.4 Å². The van der Waals surface area contributed by atoms with Crippen LogP contribution in [0, 0.1) is 0 Å². The molecule has 3 rings (SSSR count). The Morgan fingerprint density at radius 2 is 1.50 bits per heavy atom. The van der Waals surface area contributed by atoms with Crippen molar-refractivity contribution < 1.29 is 5.11 Å². The molecule has 0 amide bonds. The van der Waals surface area contributed by atoms with E-state index in [0.29, 0.717) is 6.54 Å². The molecule has 0 saturated heterocycles. The van der Waals surface area contributed by atoms with E-state index < -0.39 is 0 Å². The van der Waals surface area contributed by atoms with E-state index in [-0.39, 0.29) is 6.61 Å². The first-order valence-corrected chi connectivity index (χ1v) is 8.52. The molecular formula is C20H27N3O. The molecule has 0 aliphatic heterocycles. The van der Waals surface area contributed by atoms with Gasteiger partial charge < -0.3 is 5.11 Å². The largest absolute Gasteiger partial charge is 0.394 e. The van der Waals surface area contributed by atoms with Gasteiger partial charge in [0.2, 0.25) is 0 Å². The second kappa shape index (κ2) is 11.1. The Hall–Kier alpha value is -2.46.